The number of aryl methyl sites for hydroxylation is 1. The van der Waals surface area contributed by atoms with Crippen LogP contribution in [0.25, 0.3) is 10.8 Å². The van der Waals surface area contributed by atoms with Crippen LogP contribution in [0.3, 0.4) is 0 Å². The van der Waals surface area contributed by atoms with Crippen molar-refractivity contribution in [3.63, 3.8) is 0 Å². The highest BCUT2D eigenvalue weighted by molar-refractivity contribution is 5.87. The number of pyridine rings is 1. The van der Waals surface area contributed by atoms with Gasteiger partial charge in [0, 0.05) is 23.8 Å². The molecule has 0 aliphatic heterocycles. The van der Waals surface area contributed by atoms with E-state index in [0.717, 1.165) is 18.7 Å². The van der Waals surface area contributed by atoms with Crippen LogP contribution in [0.1, 0.15) is 11.3 Å². The molecule has 0 aliphatic rings. The number of nitrogens with zero attached hydrogens (tertiary/aromatic N) is 2. The molecule has 2 aromatic rings. The molecule has 0 saturated heterocycles. The minimum Gasteiger partial charge on any atom is -0.309 e. The van der Waals surface area contributed by atoms with Crippen LogP contribution in [0, 0.1) is 6.92 Å². The van der Waals surface area contributed by atoms with Gasteiger partial charge in [0.05, 0.1) is 0 Å². The van der Waals surface area contributed by atoms with Gasteiger partial charge in [0.15, 0.2) is 0 Å². The van der Waals surface area contributed by atoms with Gasteiger partial charge in [-0.2, -0.15) is 0 Å². The molecule has 0 atom stereocenters. The summed E-state index contributed by atoms with van der Waals surface area (Å²) in [5.74, 6) is 0. The molecule has 0 aliphatic carbocycles. The van der Waals surface area contributed by atoms with Crippen molar-refractivity contribution >= 4 is 10.8 Å². The van der Waals surface area contributed by atoms with Gasteiger partial charge in [-0.15, -0.1) is 0 Å². The average molecular weight is 214 g/mol. The molecule has 2 nitrogen and oxygen atoms in total. The lowest BCUT2D eigenvalue weighted by atomic mass is 10.0. The third kappa shape index (κ3) is 2.22. The summed E-state index contributed by atoms with van der Waals surface area (Å²) in [6.45, 7) is 3.15. The van der Waals surface area contributed by atoms with E-state index in [0.29, 0.717) is 0 Å². The van der Waals surface area contributed by atoms with Crippen molar-refractivity contribution in [2.75, 3.05) is 20.6 Å². The van der Waals surface area contributed by atoms with E-state index in [1.807, 2.05) is 6.20 Å². The first-order valence-corrected chi connectivity index (χ1v) is 5.66. The van der Waals surface area contributed by atoms with Gasteiger partial charge < -0.3 is 4.90 Å². The number of likely N-dealkylation sites (N-methyl/N-ethyl adjacent to an activating group) is 1. The molecular formula is C14H18N2. The van der Waals surface area contributed by atoms with Crippen LogP contribution < -0.4 is 0 Å². The summed E-state index contributed by atoms with van der Waals surface area (Å²) in [7, 11) is 4.22. The summed E-state index contributed by atoms with van der Waals surface area (Å²) in [6.07, 6.45) is 2.99. The van der Waals surface area contributed by atoms with Crippen molar-refractivity contribution in [2.24, 2.45) is 0 Å². The Morgan fingerprint density at radius 1 is 1.12 bits per heavy atom. The van der Waals surface area contributed by atoms with E-state index in [9.17, 15) is 0 Å². The van der Waals surface area contributed by atoms with Gasteiger partial charge in [-0.25, -0.2) is 0 Å². The fourth-order valence-electron chi connectivity index (χ4n) is 1.98. The van der Waals surface area contributed by atoms with Crippen molar-refractivity contribution in [2.45, 2.75) is 13.3 Å². The Morgan fingerprint density at radius 2 is 1.94 bits per heavy atom. The Balaban J connectivity index is 2.42. The Labute approximate surface area is 96.9 Å². The van der Waals surface area contributed by atoms with Crippen LogP contribution in [-0.2, 0) is 6.42 Å². The van der Waals surface area contributed by atoms with Gasteiger partial charge >= 0.3 is 0 Å². The van der Waals surface area contributed by atoms with Crippen LogP contribution >= 0.6 is 0 Å². The second-order valence-electron chi connectivity index (χ2n) is 4.46. The summed E-state index contributed by atoms with van der Waals surface area (Å²) < 4.78 is 0. The molecule has 84 valence electrons. The summed E-state index contributed by atoms with van der Waals surface area (Å²) in [4.78, 5) is 6.55. The van der Waals surface area contributed by atoms with E-state index < -0.39 is 0 Å². The molecule has 2 heteroatoms. The van der Waals surface area contributed by atoms with Gasteiger partial charge in [0.2, 0.25) is 0 Å². The molecule has 1 aromatic carbocycles. The minimum absolute atomic E-state index is 1.08. The maximum atomic E-state index is 4.33. The van der Waals surface area contributed by atoms with Gasteiger partial charge in [-0.1, -0.05) is 18.2 Å². The van der Waals surface area contributed by atoms with Crippen molar-refractivity contribution in [1.82, 2.24) is 9.88 Å². The molecule has 0 unspecified atom stereocenters. The van der Waals surface area contributed by atoms with Crippen molar-refractivity contribution in [3.05, 3.63) is 41.7 Å². The summed E-state index contributed by atoms with van der Waals surface area (Å²) >= 11 is 0. The molecular weight excluding hydrogens is 196 g/mol. The molecule has 0 N–H and O–H groups in total. The van der Waals surface area contributed by atoms with Crippen molar-refractivity contribution < 1.29 is 0 Å². The number of hydrogen-bond donors (Lipinski definition) is 0. The normalized spacial score (nSPS) is 11.2. The first-order valence-electron chi connectivity index (χ1n) is 5.66. The third-order valence-corrected chi connectivity index (χ3v) is 2.92. The topological polar surface area (TPSA) is 16.1 Å². The van der Waals surface area contributed by atoms with Crippen molar-refractivity contribution in [1.29, 1.82) is 0 Å². The van der Waals surface area contributed by atoms with Gasteiger partial charge in [-0.05, 0) is 44.5 Å². The molecule has 0 radical (unpaired) electrons. The Bertz CT molecular complexity index is 489. The Kier molecular flexibility index (Phi) is 3.20. The van der Waals surface area contributed by atoms with Crippen molar-refractivity contribution in [3.8, 4) is 0 Å². The van der Waals surface area contributed by atoms with Crippen LogP contribution in [0.5, 0.6) is 0 Å². The first-order chi connectivity index (χ1) is 7.68. The van der Waals surface area contributed by atoms with E-state index in [-0.39, 0.29) is 0 Å². The lowest BCUT2D eigenvalue weighted by Gasteiger charge is -2.11. The van der Waals surface area contributed by atoms with E-state index >= 15 is 0 Å². The standard InChI is InChI=1S/C14H18N2/c1-11-13-6-4-5-12(8-10-16(2)3)14(13)7-9-15-11/h4-7,9H,8,10H2,1-3H3. The predicted octanol–water partition coefficient (Wildman–Crippen LogP) is 2.65. The number of fused-ring (bicyclic) bond motifs is 1. The van der Waals surface area contributed by atoms with E-state index in [1.54, 1.807) is 0 Å². The molecule has 1 heterocycles. The zero-order valence-electron chi connectivity index (χ0n) is 10.2. The highest BCUT2D eigenvalue weighted by atomic mass is 15.0. The molecule has 1 aromatic heterocycles. The molecule has 0 spiro atoms. The van der Waals surface area contributed by atoms with Crippen LogP contribution in [0.15, 0.2) is 30.5 Å². The molecule has 2 rings (SSSR count). The van der Waals surface area contributed by atoms with E-state index in [4.69, 9.17) is 0 Å². The second kappa shape index (κ2) is 4.62. The number of benzene rings is 1. The molecule has 0 bridgehead atoms. The lowest BCUT2D eigenvalue weighted by Crippen LogP contribution is -2.15. The van der Waals surface area contributed by atoms with Crippen LogP contribution in [0.2, 0.25) is 0 Å². The van der Waals surface area contributed by atoms with E-state index in [1.165, 1.54) is 16.3 Å². The van der Waals surface area contributed by atoms with Gasteiger partial charge in [-0.3, -0.25) is 4.98 Å². The summed E-state index contributed by atoms with van der Waals surface area (Å²) in [5, 5.41) is 2.62. The van der Waals surface area contributed by atoms with Gasteiger partial charge in [0.25, 0.3) is 0 Å². The SMILES string of the molecule is Cc1nccc2c(CCN(C)C)cccc12. The average Bonchev–Trinajstić information content (AvgIpc) is 2.27. The fraction of sp³-hybridized carbons (Fsp3) is 0.357. The molecule has 16 heavy (non-hydrogen) atoms. The summed E-state index contributed by atoms with van der Waals surface area (Å²) in [5.41, 5.74) is 2.53. The highest BCUT2D eigenvalue weighted by Crippen LogP contribution is 2.20. The largest absolute Gasteiger partial charge is 0.309 e. The summed E-state index contributed by atoms with van der Waals surface area (Å²) in [6, 6.07) is 8.61. The van der Waals surface area contributed by atoms with Crippen LogP contribution in [-0.4, -0.2) is 30.5 Å². The Morgan fingerprint density at radius 3 is 2.69 bits per heavy atom. The van der Waals surface area contributed by atoms with Gasteiger partial charge in [0.1, 0.15) is 0 Å². The maximum Gasteiger partial charge on any atom is 0.0451 e. The van der Waals surface area contributed by atoms with Crippen LogP contribution in [0.4, 0.5) is 0 Å². The fourth-order valence-corrected chi connectivity index (χ4v) is 1.98. The second-order valence-corrected chi connectivity index (χ2v) is 4.46. The number of rotatable bonds is 3. The maximum absolute atomic E-state index is 4.33. The monoisotopic (exact) mass is 214 g/mol. The number of hydrogen-bond acceptors (Lipinski definition) is 2. The van der Waals surface area contributed by atoms with E-state index in [2.05, 4.69) is 55.2 Å². The zero-order valence-corrected chi connectivity index (χ0v) is 10.2. The third-order valence-electron chi connectivity index (χ3n) is 2.92. The molecule has 0 saturated carbocycles. The highest BCUT2D eigenvalue weighted by Gasteiger charge is 2.03. The Hall–Kier alpha value is -1.41. The minimum atomic E-state index is 1.08. The quantitative estimate of drug-likeness (QED) is 0.781. The molecule has 0 fully saturated rings. The molecule has 0 amide bonds. The first kappa shape index (κ1) is 11.1. The number of aromatic nitrogens is 1. The predicted molar refractivity (Wildman–Crippen MR) is 68.7 cm³/mol. The zero-order chi connectivity index (χ0) is 11.5. The lowest BCUT2D eigenvalue weighted by molar-refractivity contribution is 0.414. The smallest absolute Gasteiger partial charge is 0.0451 e.